The first-order valence-corrected chi connectivity index (χ1v) is 2.36. The summed E-state index contributed by atoms with van der Waals surface area (Å²) in [6, 6.07) is 0. The summed E-state index contributed by atoms with van der Waals surface area (Å²) >= 11 is 0. The average molecular weight is 112 g/mol. The maximum Gasteiger partial charge on any atom is 0.302 e. The number of hydrogen-bond donors (Lipinski definition) is 0. The van der Waals surface area contributed by atoms with Crippen LogP contribution in [0.4, 0.5) is 0 Å². The Hall–Kier alpha value is -0.465. The van der Waals surface area contributed by atoms with E-state index in [1.807, 2.05) is 0 Å². The number of methoxy groups -OCH3 is 1. The first kappa shape index (κ1) is 7.53. The smallest absolute Gasteiger partial charge is 0.302 e. The molecule has 2 radical (unpaired) electrons. The van der Waals surface area contributed by atoms with E-state index < -0.39 is 11.3 Å². The lowest BCUT2D eigenvalue weighted by atomic mass is 9.73. The first-order valence-electron chi connectivity index (χ1n) is 2.36. The van der Waals surface area contributed by atoms with Crippen molar-refractivity contribution in [1.29, 1.82) is 0 Å². The fourth-order valence-electron chi connectivity index (χ4n) is 0.263. The number of rotatable bonds is 1. The van der Waals surface area contributed by atoms with Gasteiger partial charge in [-0.25, -0.2) is 0 Å². The minimum Gasteiger partial charge on any atom is -0.469 e. The standard InChI is InChI=1S/C5H9BO2/c1-5(2,6)4(7)8-3/h1-3H3. The minimum absolute atomic E-state index is 0.391. The Morgan fingerprint density at radius 2 is 2.00 bits per heavy atom. The van der Waals surface area contributed by atoms with Crippen LogP contribution in [0.5, 0.6) is 0 Å². The van der Waals surface area contributed by atoms with Crippen molar-refractivity contribution in [2.75, 3.05) is 7.11 Å². The molecule has 0 aliphatic rings. The molecule has 0 aliphatic carbocycles. The van der Waals surface area contributed by atoms with Gasteiger partial charge in [0.2, 0.25) is 0 Å². The van der Waals surface area contributed by atoms with Gasteiger partial charge >= 0.3 is 5.97 Å². The summed E-state index contributed by atoms with van der Waals surface area (Å²) in [5.41, 5.74) is 0. The van der Waals surface area contributed by atoms with Gasteiger partial charge in [0.1, 0.15) is 0 Å². The second kappa shape index (κ2) is 2.20. The maximum absolute atomic E-state index is 10.5. The van der Waals surface area contributed by atoms with Crippen molar-refractivity contribution < 1.29 is 9.53 Å². The van der Waals surface area contributed by atoms with Gasteiger partial charge in [-0.15, -0.1) is 0 Å². The van der Waals surface area contributed by atoms with E-state index in [-0.39, 0.29) is 0 Å². The van der Waals surface area contributed by atoms with Crippen LogP contribution in [0.1, 0.15) is 13.8 Å². The van der Waals surface area contributed by atoms with Gasteiger partial charge in [0.15, 0.2) is 0 Å². The van der Waals surface area contributed by atoms with Crippen LogP contribution in [-0.2, 0) is 9.53 Å². The lowest BCUT2D eigenvalue weighted by Gasteiger charge is -2.13. The molecule has 0 N–H and O–H groups in total. The minimum atomic E-state index is -0.852. The lowest BCUT2D eigenvalue weighted by molar-refractivity contribution is -0.143. The fraction of sp³-hybridized carbons (Fsp3) is 0.800. The van der Waals surface area contributed by atoms with Crippen LogP contribution in [-0.4, -0.2) is 20.9 Å². The van der Waals surface area contributed by atoms with Gasteiger partial charge in [-0.1, -0.05) is 13.8 Å². The molecule has 0 heterocycles. The molecule has 0 atom stereocenters. The molecule has 0 aromatic rings. The van der Waals surface area contributed by atoms with Crippen molar-refractivity contribution in [3.63, 3.8) is 0 Å². The molecule has 3 heteroatoms. The summed E-state index contributed by atoms with van der Waals surface area (Å²) in [4.78, 5) is 10.5. The third-order valence-corrected chi connectivity index (χ3v) is 0.711. The van der Waals surface area contributed by atoms with Gasteiger partial charge in [0.05, 0.1) is 15.0 Å². The Morgan fingerprint density at radius 3 is 2.00 bits per heavy atom. The Labute approximate surface area is 50.6 Å². The van der Waals surface area contributed by atoms with Crippen molar-refractivity contribution in [1.82, 2.24) is 0 Å². The number of hydrogen-bond acceptors (Lipinski definition) is 2. The molecular weight excluding hydrogens is 103 g/mol. The molecule has 0 aromatic heterocycles. The van der Waals surface area contributed by atoms with Gasteiger partial charge in [0.25, 0.3) is 0 Å². The van der Waals surface area contributed by atoms with Crippen LogP contribution >= 0.6 is 0 Å². The van der Waals surface area contributed by atoms with Gasteiger partial charge < -0.3 is 4.74 Å². The molecule has 0 amide bonds. The van der Waals surface area contributed by atoms with Crippen molar-refractivity contribution in [3.8, 4) is 0 Å². The molecule has 44 valence electrons. The maximum atomic E-state index is 10.5. The molecule has 0 bridgehead atoms. The monoisotopic (exact) mass is 112 g/mol. The summed E-state index contributed by atoms with van der Waals surface area (Å²) in [5, 5.41) is -0.852. The second-order valence-electron chi connectivity index (χ2n) is 2.21. The first-order chi connectivity index (χ1) is 3.48. The third-order valence-electron chi connectivity index (χ3n) is 0.711. The Bertz CT molecular complexity index is 93.1. The Kier molecular flexibility index (Phi) is 2.07. The van der Waals surface area contributed by atoms with Gasteiger partial charge in [-0.3, -0.25) is 4.79 Å². The van der Waals surface area contributed by atoms with Gasteiger partial charge in [-0.2, -0.15) is 0 Å². The topological polar surface area (TPSA) is 26.3 Å². The highest BCUT2D eigenvalue weighted by atomic mass is 16.5. The van der Waals surface area contributed by atoms with E-state index >= 15 is 0 Å². The molecule has 0 saturated carbocycles. The normalized spacial score (nSPS) is 10.9. The van der Waals surface area contributed by atoms with Crippen LogP contribution in [0.25, 0.3) is 0 Å². The van der Waals surface area contributed by atoms with E-state index in [2.05, 4.69) is 4.74 Å². The molecule has 0 fully saturated rings. The fourth-order valence-corrected chi connectivity index (χ4v) is 0.263. The quantitative estimate of drug-likeness (QED) is 0.365. The van der Waals surface area contributed by atoms with Crippen molar-refractivity contribution >= 4 is 13.8 Å². The van der Waals surface area contributed by atoms with E-state index in [1.165, 1.54) is 7.11 Å². The zero-order chi connectivity index (χ0) is 6.78. The molecule has 0 aromatic carbocycles. The summed E-state index contributed by atoms with van der Waals surface area (Å²) in [6.07, 6.45) is 0. The molecule has 0 unspecified atom stereocenters. The summed E-state index contributed by atoms with van der Waals surface area (Å²) < 4.78 is 4.35. The largest absolute Gasteiger partial charge is 0.469 e. The SMILES string of the molecule is [B]C(C)(C)C(=O)OC. The van der Waals surface area contributed by atoms with Crippen molar-refractivity contribution in [2.45, 2.75) is 19.2 Å². The molecule has 0 rings (SSSR count). The zero-order valence-electron chi connectivity index (χ0n) is 5.39. The lowest BCUT2D eigenvalue weighted by Crippen LogP contribution is -2.18. The van der Waals surface area contributed by atoms with E-state index in [9.17, 15) is 4.79 Å². The second-order valence-corrected chi connectivity index (χ2v) is 2.21. The number of carbonyl (C=O) groups is 1. The highest BCUT2D eigenvalue weighted by molar-refractivity contribution is 6.26. The van der Waals surface area contributed by atoms with Crippen LogP contribution in [0, 0.1) is 0 Å². The van der Waals surface area contributed by atoms with Crippen LogP contribution in [0.2, 0.25) is 5.31 Å². The third kappa shape index (κ3) is 2.00. The van der Waals surface area contributed by atoms with E-state index in [0.717, 1.165) is 0 Å². The predicted octanol–water partition coefficient (Wildman–Crippen LogP) is 0.526. The molecular formula is C5H9BO2. The van der Waals surface area contributed by atoms with Crippen molar-refractivity contribution in [3.05, 3.63) is 0 Å². The highest BCUT2D eigenvalue weighted by Crippen LogP contribution is 2.18. The predicted molar refractivity (Wildman–Crippen MR) is 31.8 cm³/mol. The average Bonchev–Trinajstić information content (AvgIpc) is 1.62. The van der Waals surface area contributed by atoms with Crippen LogP contribution in [0.15, 0.2) is 0 Å². The Balaban J connectivity index is 3.82. The van der Waals surface area contributed by atoms with Gasteiger partial charge in [-0.05, 0) is 0 Å². The molecule has 0 aliphatic heterocycles. The van der Waals surface area contributed by atoms with E-state index in [4.69, 9.17) is 7.85 Å². The number of esters is 1. The number of ether oxygens (including phenoxy) is 1. The number of carbonyl (C=O) groups excluding carboxylic acids is 1. The molecule has 8 heavy (non-hydrogen) atoms. The summed E-state index contributed by atoms with van der Waals surface area (Å²) in [6.45, 7) is 3.19. The van der Waals surface area contributed by atoms with Gasteiger partial charge in [0, 0.05) is 5.31 Å². The zero-order valence-corrected chi connectivity index (χ0v) is 5.39. The molecule has 2 nitrogen and oxygen atoms in total. The summed E-state index contributed by atoms with van der Waals surface area (Å²) in [5.74, 6) is -0.391. The van der Waals surface area contributed by atoms with Crippen LogP contribution in [0.3, 0.4) is 0 Å². The van der Waals surface area contributed by atoms with Crippen LogP contribution < -0.4 is 0 Å². The van der Waals surface area contributed by atoms with Crippen molar-refractivity contribution in [2.24, 2.45) is 0 Å². The molecule has 0 saturated heterocycles. The Morgan fingerprint density at radius 1 is 1.62 bits per heavy atom. The van der Waals surface area contributed by atoms with E-state index in [0.29, 0.717) is 0 Å². The van der Waals surface area contributed by atoms with E-state index in [1.54, 1.807) is 13.8 Å². The summed E-state index contributed by atoms with van der Waals surface area (Å²) in [7, 11) is 6.63. The highest BCUT2D eigenvalue weighted by Gasteiger charge is 2.20. The molecule has 0 spiro atoms.